The number of fused-ring (bicyclic) bond motifs is 1. The molecule has 0 fully saturated rings. The molecule has 0 saturated carbocycles. The summed E-state index contributed by atoms with van der Waals surface area (Å²) in [6.07, 6.45) is 7.13. The number of benzene rings is 1. The van der Waals surface area contributed by atoms with Crippen LogP contribution in [0.5, 0.6) is 5.75 Å². The van der Waals surface area contributed by atoms with Gasteiger partial charge in [-0.05, 0) is 43.5 Å². The van der Waals surface area contributed by atoms with Gasteiger partial charge in [-0.3, -0.25) is 0 Å². The van der Waals surface area contributed by atoms with Gasteiger partial charge in [0, 0.05) is 5.56 Å². The lowest BCUT2D eigenvalue weighted by Crippen LogP contribution is -1.96. The van der Waals surface area contributed by atoms with Crippen LogP contribution < -0.4 is 4.74 Å². The molecule has 0 radical (unpaired) electrons. The van der Waals surface area contributed by atoms with E-state index in [0.29, 0.717) is 5.76 Å². The van der Waals surface area contributed by atoms with E-state index in [0.717, 1.165) is 17.7 Å². The molecule has 1 heteroatoms. The average Bonchev–Trinajstić information content (AvgIpc) is 2.27. The summed E-state index contributed by atoms with van der Waals surface area (Å²) in [5, 5.41) is 0. The highest BCUT2D eigenvalue weighted by molar-refractivity contribution is 5.43. The molecule has 0 bridgehead atoms. The molecule has 1 nitrogen and oxygen atoms in total. The second-order valence-electron chi connectivity index (χ2n) is 4.11. The fourth-order valence-corrected chi connectivity index (χ4v) is 1.87. The first-order valence-electron chi connectivity index (χ1n) is 5.47. The van der Waals surface area contributed by atoms with Crippen LogP contribution in [0.15, 0.2) is 54.3 Å². The van der Waals surface area contributed by atoms with E-state index in [4.69, 9.17) is 4.74 Å². The summed E-state index contributed by atoms with van der Waals surface area (Å²) in [5.41, 5.74) is 3.66. The number of hydrogen-bond donors (Lipinski definition) is 0. The Morgan fingerprint density at radius 3 is 2.88 bits per heavy atom. The van der Waals surface area contributed by atoms with Gasteiger partial charge in [-0.25, -0.2) is 0 Å². The molecule has 0 aromatic heterocycles. The Kier molecular flexibility index (Phi) is 2.95. The third-order valence-electron chi connectivity index (χ3n) is 2.70. The van der Waals surface area contributed by atoms with E-state index in [2.05, 4.69) is 31.7 Å². The highest BCUT2D eigenvalue weighted by Crippen LogP contribution is 2.26. The molecule has 0 spiro atoms. The first-order valence-corrected chi connectivity index (χ1v) is 5.47. The van der Waals surface area contributed by atoms with E-state index in [-0.39, 0.29) is 0 Å². The fraction of sp³-hybridized carbons (Fsp3) is 0.200. The summed E-state index contributed by atoms with van der Waals surface area (Å²) in [6, 6.07) is 6.12. The van der Waals surface area contributed by atoms with Crippen molar-refractivity contribution in [2.75, 3.05) is 0 Å². The van der Waals surface area contributed by atoms with Crippen LogP contribution in [0.3, 0.4) is 0 Å². The molecule has 0 aliphatic carbocycles. The largest absolute Gasteiger partial charge is 0.458 e. The van der Waals surface area contributed by atoms with Crippen molar-refractivity contribution in [2.24, 2.45) is 0 Å². The molecule has 1 aromatic carbocycles. The fourth-order valence-electron chi connectivity index (χ4n) is 1.87. The Morgan fingerprint density at radius 1 is 1.25 bits per heavy atom. The van der Waals surface area contributed by atoms with Crippen molar-refractivity contribution in [3.63, 3.8) is 0 Å². The number of hydrogen-bond acceptors (Lipinski definition) is 1. The third-order valence-corrected chi connectivity index (χ3v) is 2.70. The lowest BCUT2D eigenvalue weighted by atomic mass is 10.0. The highest BCUT2D eigenvalue weighted by Gasteiger charge is 2.07. The summed E-state index contributed by atoms with van der Waals surface area (Å²) >= 11 is 0. The Labute approximate surface area is 96.8 Å². The van der Waals surface area contributed by atoms with Crippen molar-refractivity contribution < 1.29 is 4.74 Å². The molecule has 82 valence electrons. The summed E-state index contributed by atoms with van der Waals surface area (Å²) in [7, 11) is 0. The normalized spacial score (nSPS) is 20.6. The topological polar surface area (TPSA) is 9.23 Å². The standard InChI is InChI=1S/C15H16O/c1-11-6-4-8-14-12(2)7-5-9-15(14)16-13(3)10-11/h4-7,9-10H,3,8H2,1-2H3/b6-4-,11-10-. The lowest BCUT2D eigenvalue weighted by molar-refractivity contribution is 0.442. The zero-order valence-corrected chi connectivity index (χ0v) is 9.79. The molecule has 0 saturated heterocycles. The zero-order valence-electron chi connectivity index (χ0n) is 9.79. The van der Waals surface area contributed by atoms with Crippen LogP contribution >= 0.6 is 0 Å². The van der Waals surface area contributed by atoms with Crippen molar-refractivity contribution in [3.8, 4) is 5.75 Å². The Bertz CT molecular complexity index is 478. The van der Waals surface area contributed by atoms with Crippen LogP contribution in [-0.2, 0) is 6.42 Å². The number of ether oxygens (including phenoxy) is 1. The molecule has 1 aromatic rings. The maximum Gasteiger partial charge on any atom is 0.131 e. The molecular formula is C15H16O. The molecule has 1 aliphatic rings. The van der Waals surface area contributed by atoms with Gasteiger partial charge < -0.3 is 4.74 Å². The minimum Gasteiger partial charge on any atom is -0.458 e. The third kappa shape index (κ3) is 2.25. The van der Waals surface area contributed by atoms with Gasteiger partial charge in [0.2, 0.25) is 0 Å². The number of allylic oxidation sites excluding steroid dienone is 4. The van der Waals surface area contributed by atoms with Crippen LogP contribution in [-0.4, -0.2) is 0 Å². The minimum absolute atomic E-state index is 0.691. The van der Waals surface area contributed by atoms with Crippen molar-refractivity contribution >= 4 is 0 Å². The van der Waals surface area contributed by atoms with Gasteiger partial charge in [0.05, 0.1) is 0 Å². The van der Waals surface area contributed by atoms with E-state index in [9.17, 15) is 0 Å². The zero-order chi connectivity index (χ0) is 11.5. The van der Waals surface area contributed by atoms with Gasteiger partial charge in [0.25, 0.3) is 0 Å². The molecule has 16 heavy (non-hydrogen) atoms. The highest BCUT2D eigenvalue weighted by atomic mass is 16.5. The van der Waals surface area contributed by atoms with Gasteiger partial charge in [0.1, 0.15) is 11.5 Å². The van der Waals surface area contributed by atoms with E-state index in [1.165, 1.54) is 11.1 Å². The predicted molar refractivity (Wildman–Crippen MR) is 67.5 cm³/mol. The van der Waals surface area contributed by atoms with Crippen molar-refractivity contribution in [3.05, 3.63) is 65.5 Å². The summed E-state index contributed by atoms with van der Waals surface area (Å²) < 4.78 is 5.76. The van der Waals surface area contributed by atoms with Crippen LogP contribution in [0.2, 0.25) is 0 Å². The second-order valence-corrected chi connectivity index (χ2v) is 4.11. The summed E-state index contributed by atoms with van der Waals surface area (Å²) in [4.78, 5) is 0. The van der Waals surface area contributed by atoms with Crippen LogP contribution in [0.1, 0.15) is 18.1 Å². The van der Waals surface area contributed by atoms with E-state index in [1.54, 1.807) is 0 Å². The Balaban J connectivity index is 2.47. The van der Waals surface area contributed by atoms with Gasteiger partial charge in [-0.1, -0.05) is 30.9 Å². The number of rotatable bonds is 0. The Morgan fingerprint density at radius 2 is 2.06 bits per heavy atom. The molecule has 2 rings (SSSR count). The monoisotopic (exact) mass is 212 g/mol. The average molecular weight is 212 g/mol. The molecule has 1 heterocycles. The van der Waals surface area contributed by atoms with E-state index in [1.807, 2.05) is 25.1 Å². The molecule has 1 aliphatic heterocycles. The van der Waals surface area contributed by atoms with Crippen molar-refractivity contribution in [2.45, 2.75) is 20.3 Å². The van der Waals surface area contributed by atoms with Gasteiger partial charge in [-0.2, -0.15) is 0 Å². The molecular weight excluding hydrogens is 196 g/mol. The van der Waals surface area contributed by atoms with E-state index >= 15 is 0 Å². The molecule has 0 unspecified atom stereocenters. The van der Waals surface area contributed by atoms with Crippen LogP contribution in [0, 0.1) is 6.92 Å². The van der Waals surface area contributed by atoms with Gasteiger partial charge in [0.15, 0.2) is 0 Å². The van der Waals surface area contributed by atoms with Gasteiger partial charge in [-0.15, -0.1) is 0 Å². The van der Waals surface area contributed by atoms with E-state index < -0.39 is 0 Å². The first kappa shape index (κ1) is 10.7. The number of aryl methyl sites for hydroxylation is 1. The summed E-state index contributed by atoms with van der Waals surface area (Å²) in [5.74, 6) is 1.61. The molecule has 0 atom stereocenters. The van der Waals surface area contributed by atoms with Crippen molar-refractivity contribution in [1.82, 2.24) is 0 Å². The SMILES string of the molecule is C=C1/C=C(C)\C=C/Cc2c(C)cccc2O1. The quantitative estimate of drug-likeness (QED) is 0.632. The smallest absolute Gasteiger partial charge is 0.131 e. The summed E-state index contributed by atoms with van der Waals surface area (Å²) in [6.45, 7) is 8.06. The molecule has 0 amide bonds. The van der Waals surface area contributed by atoms with Crippen LogP contribution in [0.4, 0.5) is 0 Å². The predicted octanol–water partition coefficient (Wildman–Crippen LogP) is 3.95. The van der Waals surface area contributed by atoms with Crippen LogP contribution in [0.25, 0.3) is 0 Å². The van der Waals surface area contributed by atoms with Gasteiger partial charge >= 0.3 is 0 Å². The lowest BCUT2D eigenvalue weighted by Gasteiger charge is -2.11. The maximum absolute atomic E-state index is 5.76. The Hall–Kier alpha value is -1.76. The first-order chi connectivity index (χ1) is 7.66. The molecule has 0 N–H and O–H groups in total. The van der Waals surface area contributed by atoms with Crippen molar-refractivity contribution in [1.29, 1.82) is 0 Å². The minimum atomic E-state index is 0.691. The maximum atomic E-state index is 5.76. The second kappa shape index (κ2) is 4.40.